The second-order valence-corrected chi connectivity index (χ2v) is 7.37. The fourth-order valence-electron chi connectivity index (χ4n) is 2.34. The summed E-state index contributed by atoms with van der Waals surface area (Å²) in [6.07, 6.45) is -2.27. The van der Waals surface area contributed by atoms with Crippen LogP contribution in [-0.2, 0) is 4.79 Å². The maximum absolute atomic E-state index is 14.2. The monoisotopic (exact) mass is 430 g/mol. The van der Waals surface area contributed by atoms with E-state index in [1.165, 1.54) is 26.1 Å². The molecule has 12 heteroatoms. The highest BCUT2D eigenvalue weighted by atomic mass is 19.4. The molecule has 0 aliphatic carbocycles. The van der Waals surface area contributed by atoms with Gasteiger partial charge in [-0.3, -0.25) is 9.59 Å². The van der Waals surface area contributed by atoms with Gasteiger partial charge in [-0.2, -0.15) is 13.2 Å². The van der Waals surface area contributed by atoms with E-state index in [9.17, 15) is 27.2 Å². The maximum Gasteiger partial charge on any atom is 0.405 e. The zero-order valence-corrected chi connectivity index (χ0v) is 16.7. The van der Waals surface area contributed by atoms with Crippen molar-refractivity contribution in [2.75, 3.05) is 11.9 Å². The van der Waals surface area contributed by atoms with Crippen LogP contribution in [-0.4, -0.2) is 51.1 Å². The Hall–Kier alpha value is -3.18. The third kappa shape index (κ3) is 6.16. The summed E-state index contributed by atoms with van der Waals surface area (Å²) in [5.41, 5.74) is -0.975. The Morgan fingerprint density at radius 2 is 1.90 bits per heavy atom. The zero-order valence-electron chi connectivity index (χ0n) is 16.7. The molecule has 2 rings (SSSR count). The third-order valence-electron chi connectivity index (χ3n) is 3.80. The Labute approximate surface area is 169 Å². The molecule has 8 nitrogen and oxygen atoms in total. The lowest BCUT2D eigenvalue weighted by Crippen LogP contribution is -2.50. The van der Waals surface area contributed by atoms with E-state index in [4.69, 9.17) is 0 Å². The van der Waals surface area contributed by atoms with E-state index >= 15 is 0 Å². The standard InChI is InChI=1S/C18H22F4N6O2/c1-9(2)26-15(29)12-5-10(6-23-12)13-24-7-11(19)14(27-13)28-17(3,4)16(30)25-8-18(20,21)22/h5-7,9,23H,8H2,1-4H3,(H,25,30)(H,26,29)(H,24,27,28). The predicted octanol–water partition coefficient (Wildman–Crippen LogP) is 2.62. The van der Waals surface area contributed by atoms with Gasteiger partial charge in [-0.15, -0.1) is 0 Å². The second-order valence-electron chi connectivity index (χ2n) is 7.37. The molecule has 0 spiro atoms. The predicted molar refractivity (Wildman–Crippen MR) is 101 cm³/mol. The molecule has 2 aromatic rings. The minimum atomic E-state index is -4.58. The Bertz CT molecular complexity index is 924. The molecule has 0 saturated carbocycles. The molecule has 164 valence electrons. The number of carbonyl (C=O) groups excluding carboxylic acids is 2. The van der Waals surface area contributed by atoms with E-state index in [0.717, 1.165) is 6.20 Å². The summed E-state index contributed by atoms with van der Waals surface area (Å²) < 4.78 is 51.1. The average Bonchev–Trinajstić information content (AvgIpc) is 3.10. The molecule has 0 atom stereocenters. The first-order valence-corrected chi connectivity index (χ1v) is 8.94. The molecule has 0 bridgehead atoms. The Morgan fingerprint density at radius 3 is 2.50 bits per heavy atom. The summed E-state index contributed by atoms with van der Waals surface area (Å²) in [6.45, 7) is 4.65. The number of aromatic amines is 1. The van der Waals surface area contributed by atoms with Gasteiger partial charge in [0, 0.05) is 17.8 Å². The first-order chi connectivity index (χ1) is 13.8. The van der Waals surface area contributed by atoms with Gasteiger partial charge in [-0.1, -0.05) is 0 Å². The molecule has 2 amide bonds. The van der Waals surface area contributed by atoms with Crippen molar-refractivity contribution in [1.29, 1.82) is 0 Å². The third-order valence-corrected chi connectivity index (χ3v) is 3.80. The fourth-order valence-corrected chi connectivity index (χ4v) is 2.34. The quantitative estimate of drug-likeness (QED) is 0.505. The van der Waals surface area contributed by atoms with E-state index in [2.05, 4.69) is 25.6 Å². The number of hydrogen-bond acceptors (Lipinski definition) is 5. The van der Waals surface area contributed by atoms with Crippen molar-refractivity contribution in [2.24, 2.45) is 0 Å². The molecule has 0 saturated heterocycles. The van der Waals surface area contributed by atoms with Crippen LogP contribution in [0.1, 0.15) is 38.2 Å². The second kappa shape index (κ2) is 8.67. The summed E-state index contributed by atoms with van der Waals surface area (Å²) in [4.78, 5) is 34.7. The molecule has 30 heavy (non-hydrogen) atoms. The van der Waals surface area contributed by atoms with Crippen molar-refractivity contribution < 1.29 is 27.2 Å². The molecule has 0 aliphatic heterocycles. The van der Waals surface area contributed by atoms with E-state index in [0.29, 0.717) is 5.56 Å². The Kier molecular flexibility index (Phi) is 6.68. The Morgan fingerprint density at radius 1 is 1.23 bits per heavy atom. The number of nitrogens with zero attached hydrogens (tertiary/aromatic N) is 2. The number of aromatic nitrogens is 3. The van der Waals surface area contributed by atoms with Crippen LogP contribution in [0.25, 0.3) is 11.4 Å². The van der Waals surface area contributed by atoms with Gasteiger partial charge in [0.2, 0.25) is 5.91 Å². The van der Waals surface area contributed by atoms with Crippen molar-refractivity contribution >= 4 is 17.6 Å². The molecule has 4 N–H and O–H groups in total. The number of rotatable bonds is 7. The first-order valence-electron chi connectivity index (χ1n) is 8.94. The van der Waals surface area contributed by atoms with Gasteiger partial charge in [0.05, 0.1) is 6.20 Å². The van der Waals surface area contributed by atoms with Crippen LogP contribution in [0.5, 0.6) is 0 Å². The lowest BCUT2D eigenvalue weighted by molar-refractivity contribution is -0.140. The number of carbonyl (C=O) groups is 2. The van der Waals surface area contributed by atoms with Crippen molar-refractivity contribution in [2.45, 2.75) is 45.5 Å². The maximum atomic E-state index is 14.2. The van der Waals surface area contributed by atoms with E-state index in [-0.39, 0.29) is 29.3 Å². The van der Waals surface area contributed by atoms with Gasteiger partial charge in [-0.05, 0) is 33.8 Å². The molecule has 0 unspecified atom stereocenters. The van der Waals surface area contributed by atoms with E-state index in [1.807, 2.05) is 0 Å². The molecule has 0 fully saturated rings. The Balaban J connectivity index is 2.20. The van der Waals surface area contributed by atoms with Crippen LogP contribution in [0.4, 0.5) is 23.4 Å². The normalized spacial score (nSPS) is 12.0. The highest BCUT2D eigenvalue weighted by molar-refractivity contribution is 5.94. The van der Waals surface area contributed by atoms with Crippen molar-refractivity contribution in [1.82, 2.24) is 25.6 Å². The summed E-state index contributed by atoms with van der Waals surface area (Å²) in [7, 11) is 0. The number of nitrogens with one attached hydrogen (secondary N) is 4. The zero-order chi connectivity index (χ0) is 22.7. The van der Waals surface area contributed by atoms with E-state index < -0.39 is 30.0 Å². The number of H-pyrrole nitrogens is 1. The number of amides is 2. The molecular formula is C18H22F4N6O2. The number of hydrogen-bond donors (Lipinski definition) is 4. The average molecular weight is 430 g/mol. The van der Waals surface area contributed by atoms with E-state index in [1.54, 1.807) is 19.2 Å². The molecule has 2 heterocycles. The van der Waals surface area contributed by atoms with Crippen molar-refractivity contribution in [3.63, 3.8) is 0 Å². The van der Waals surface area contributed by atoms with Gasteiger partial charge in [0.15, 0.2) is 17.5 Å². The van der Waals surface area contributed by atoms with Crippen LogP contribution >= 0.6 is 0 Å². The van der Waals surface area contributed by atoms with Gasteiger partial charge in [-0.25, -0.2) is 14.4 Å². The largest absolute Gasteiger partial charge is 0.405 e. The number of halogens is 4. The van der Waals surface area contributed by atoms with Crippen LogP contribution < -0.4 is 16.0 Å². The van der Waals surface area contributed by atoms with Gasteiger partial charge in [0.1, 0.15) is 17.8 Å². The van der Waals surface area contributed by atoms with Crippen LogP contribution in [0, 0.1) is 5.82 Å². The topological polar surface area (TPSA) is 112 Å². The summed E-state index contributed by atoms with van der Waals surface area (Å²) in [5.74, 6) is -2.57. The van der Waals surface area contributed by atoms with Crippen molar-refractivity contribution in [3.8, 4) is 11.4 Å². The molecule has 0 radical (unpaired) electrons. The van der Waals surface area contributed by atoms with Crippen LogP contribution in [0.2, 0.25) is 0 Å². The summed E-state index contributed by atoms with van der Waals surface area (Å²) in [5, 5.41) is 6.93. The lowest BCUT2D eigenvalue weighted by Gasteiger charge is -2.26. The van der Waals surface area contributed by atoms with Gasteiger partial charge in [0.25, 0.3) is 5.91 Å². The fraction of sp³-hybridized carbons (Fsp3) is 0.444. The van der Waals surface area contributed by atoms with Crippen LogP contribution in [0.3, 0.4) is 0 Å². The molecule has 0 aromatic carbocycles. The molecule has 0 aliphatic rings. The highest BCUT2D eigenvalue weighted by Crippen LogP contribution is 2.22. The van der Waals surface area contributed by atoms with Crippen molar-refractivity contribution in [3.05, 3.63) is 30.0 Å². The molecule has 2 aromatic heterocycles. The lowest BCUT2D eigenvalue weighted by atomic mass is 10.0. The molecular weight excluding hydrogens is 408 g/mol. The SMILES string of the molecule is CC(C)NC(=O)c1cc(-c2ncc(F)c(NC(C)(C)C(=O)NCC(F)(F)F)n2)c[nH]1. The first kappa shape index (κ1) is 23.1. The number of alkyl halides is 3. The summed E-state index contributed by atoms with van der Waals surface area (Å²) >= 11 is 0. The van der Waals surface area contributed by atoms with Gasteiger partial charge >= 0.3 is 6.18 Å². The minimum Gasteiger partial charge on any atom is -0.356 e. The van der Waals surface area contributed by atoms with Crippen LogP contribution in [0.15, 0.2) is 18.5 Å². The number of anilines is 1. The minimum absolute atomic E-state index is 0.0465. The highest BCUT2D eigenvalue weighted by Gasteiger charge is 2.34. The smallest absolute Gasteiger partial charge is 0.356 e. The summed E-state index contributed by atoms with van der Waals surface area (Å²) in [6, 6.07) is 1.39. The van der Waals surface area contributed by atoms with Gasteiger partial charge < -0.3 is 20.9 Å².